The second kappa shape index (κ2) is 9.86. The molecule has 3 amide bonds. The first kappa shape index (κ1) is 19.0. The fourth-order valence-corrected chi connectivity index (χ4v) is 1.87. The van der Waals surface area contributed by atoms with Gasteiger partial charge in [-0.25, -0.2) is 4.79 Å². The van der Waals surface area contributed by atoms with Gasteiger partial charge >= 0.3 is 12.0 Å². The van der Waals surface area contributed by atoms with E-state index in [1.54, 1.807) is 30.5 Å². The number of urea groups is 1. The van der Waals surface area contributed by atoms with E-state index < -0.39 is 24.5 Å². The number of hydrogen-bond acceptors (Lipinski definition) is 5. The van der Waals surface area contributed by atoms with Crippen molar-refractivity contribution in [1.29, 1.82) is 0 Å². The lowest BCUT2D eigenvalue weighted by Gasteiger charge is -2.07. The number of nitrogens with one attached hydrogen (secondary N) is 2. The molecule has 124 valence electrons. The van der Waals surface area contributed by atoms with Crippen LogP contribution in [0.25, 0.3) is 0 Å². The third-order valence-corrected chi connectivity index (χ3v) is 3.24. The smallest absolute Gasteiger partial charge is 0.343 e. The molecular formula is C14H16ClN3O4S. The maximum Gasteiger partial charge on any atom is 0.343 e. The highest BCUT2D eigenvalue weighted by atomic mass is 35.5. The topological polar surface area (TPSA) is 96.9 Å². The number of hydrogen-bond donors (Lipinski definition) is 2. The molecule has 0 bridgehead atoms. The Morgan fingerprint density at radius 1 is 1.26 bits per heavy atom. The molecule has 0 aliphatic heterocycles. The Morgan fingerprint density at radius 3 is 2.48 bits per heavy atom. The lowest BCUT2D eigenvalue weighted by molar-refractivity contribution is -0.145. The molecule has 0 fully saturated rings. The van der Waals surface area contributed by atoms with Crippen LogP contribution in [0.3, 0.4) is 0 Å². The zero-order valence-electron chi connectivity index (χ0n) is 12.6. The molecule has 0 aliphatic rings. The van der Waals surface area contributed by atoms with Crippen molar-refractivity contribution in [1.82, 2.24) is 10.6 Å². The summed E-state index contributed by atoms with van der Waals surface area (Å²) < 4.78 is 4.54. The number of nitrogens with zero attached hydrogens (tertiary/aromatic N) is 1. The van der Waals surface area contributed by atoms with Crippen molar-refractivity contribution >= 4 is 46.4 Å². The highest BCUT2D eigenvalue weighted by Crippen LogP contribution is 2.09. The summed E-state index contributed by atoms with van der Waals surface area (Å²) in [5.74, 6) is -1.14. The molecule has 7 nitrogen and oxygen atoms in total. The summed E-state index contributed by atoms with van der Waals surface area (Å²) in [7, 11) is 0. The van der Waals surface area contributed by atoms with Crippen LogP contribution in [-0.4, -0.2) is 35.9 Å². The predicted molar refractivity (Wildman–Crippen MR) is 89.4 cm³/mol. The lowest BCUT2D eigenvalue weighted by Crippen LogP contribution is -2.33. The van der Waals surface area contributed by atoms with Gasteiger partial charge in [-0.15, -0.1) is 0 Å². The fraction of sp³-hybridized carbons (Fsp3) is 0.286. The highest BCUT2D eigenvalue weighted by Gasteiger charge is 2.09. The summed E-state index contributed by atoms with van der Waals surface area (Å²) in [6.07, 6.45) is 1.65. The van der Waals surface area contributed by atoms with Crippen molar-refractivity contribution in [2.75, 3.05) is 12.9 Å². The number of amidine groups is 1. The van der Waals surface area contributed by atoms with Crippen molar-refractivity contribution in [3.63, 3.8) is 0 Å². The fourth-order valence-electron chi connectivity index (χ4n) is 1.36. The average Bonchev–Trinajstić information content (AvgIpc) is 2.51. The molecule has 1 aromatic rings. The minimum absolute atomic E-state index is 0.107. The van der Waals surface area contributed by atoms with E-state index in [1.165, 1.54) is 6.92 Å². The van der Waals surface area contributed by atoms with E-state index in [4.69, 9.17) is 11.6 Å². The number of halogens is 1. The maximum atomic E-state index is 11.7. The Bertz CT molecular complexity index is 605. The Hall–Kier alpha value is -2.06. The van der Waals surface area contributed by atoms with Gasteiger partial charge in [0.1, 0.15) is 0 Å². The van der Waals surface area contributed by atoms with Crippen LogP contribution in [-0.2, 0) is 20.9 Å². The van der Waals surface area contributed by atoms with Crippen LogP contribution in [0.15, 0.2) is 29.3 Å². The van der Waals surface area contributed by atoms with E-state index in [0.29, 0.717) is 5.02 Å². The third kappa shape index (κ3) is 8.22. The van der Waals surface area contributed by atoms with Crippen molar-refractivity contribution in [3.05, 3.63) is 34.9 Å². The van der Waals surface area contributed by atoms with Gasteiger partial charge in [0.05, 0.1) is 0 Å². The first-order chi connectivity index (χ1) is 10.9. The van der Waals surface area contributed by atoms with Crippen molar-refractivity contribution in [2.24, 2.45) is 4.99 Å². The van der Waals surface area contributed by atoms with Crippen LogP contribution < -0.4 is 10.6 Å². The van der Waals surface area contributed by atoms with Gasteiger partial charge in [0.2, 0.25) is 0 Å². The van der Waals surface area contributed by atoms with Crippen LogP contribution in [0.5, 0.6) is 0 Å². The Balaban J connectivity index is 2.49. The molecule has 0 aliphatic carbocycles. The number of aliphatic imine (C=N–C) groups is 1. The van der Waals surface area contributed by atoms with Gasteiger partial charge in [-0.1, -0.05) is 35.5 Å². The van der Waals surface area contributed by atoms with Gasteiger partial charge in [-0.05, 0) is 24.0 Å². The number of carbonyl (C=O) groups excluding carboxylic acids is 3. The molecule has 9 heteroatoms. The first-order valence-corrected chi connectivity index (χ1v) is 8.09. The Morgan fingerprint density at radius 2 is 1.91 bits per heavy atom. The molecule has 1 rings (SSSR count). The molecular weight excluding hydrogens is 342 g/mol. The SMILES string of the molecule is CS/C(=N\C(=O)NCc1ccc(Cl)cc1)NC(=O)COC(C)=O. The molecule has 0 unspecified atom stereocenters. The van der Waals surface area contributed by atoms with Crippen LogP contribution in [0.2, 0.25) is 5.02 Å². The van der Waals surface area contributed by atoms with Crippen LogP contribution >= 0.6 is 23.4 Å². The Labute approximate surface area is 142 Å². The average molecular weight is 358 g/mol. The van der Waals surface area contributed by atoms with Gasteiger partial charge in [0.25, 0.3) is 5.91 Å². The Kier molecular flexibility index (Phi) is 8.14. The second-order valence-corrected chi connectivity index (χ2v) is 5.47. The molecule has 0 aromatic heterocycles. The van der Waals surface area contributed by atoms with Crippen LogP contribution in [0.1, 0.15) is 12.5 Å². The van der Waals surface area contributed by atoms with E-state index in [0.717, 1.165) is 17.3 Å². The summed E-state index contributed by atoms with van der Waals surface area (Å²) in [5.41, 5.74) is 0.863. The summed E-state index contributed by atoms with van der Waals surface area (Å²) in [6, 6.07) is 6.40. The standard InChI is InChI=1S/C14H16ClN3O4S/c1-9(19)22-8-12(20)17-14(23-2)18-13(21)16-7-10-3-5-11(15)6-4-10/h3-6H,7-8H2,1-2H3,(H2,16,17,18,20,21). The van der Waals surface area contributed by atoms with E-state index in [-0.39, 0.29) is 11.7 Å². The van der Waals surface area contributed by atoms with Gasteiger partial charge in [0.15, 0.2) is 11.8 Å². The normalized spacial score (nSPS) is 10.8. The maximum absolute atomic E-state index is 11.7. The number of amides is 3. The van der Waals surface area contributed by atoms with Crippen molar-refractivity contribution in [3.8, 4) is 0 Å². The van der Waals surface area contributed by atoms with Crippen molar-refractivity contribution in [2.45, 2.75) is 13.5 Å². The molecule has 2 N–H and O–H groups in total. The monoisotopic (exact) mass is 357 g/mol. The van der Waals surface area contributed by atoms with E-state index in [9.17, 15) is 14.4 Å². The van der Waals surface area contributed by atoms with Gasteiger partial charge in [0, 0.05) is 18.5 Å². The quantitative estimate of drug-likeness (QED) is 0.487. The van der Waals surface area contributed by atoms with E-state index >= 15 is 0 Å². The summed E-state index contributed by atoms with van der Waals surface area (Å²) in [4.78, 5) is 37.5. The summed E-state index contributed by atoms with van der Waals surface area (Å²) in [5, 5.41) is 5.68. The zero-order chi connectivity index (χ0) is 17.2. The van der Waals surface area contributed by atoms with Gasteiger partial charge < -0.3 is 15.4 Å². The largest absolute Gasteiger partial charge is 0.456 e. The molecule has 0 heterocycles. The zero-order valence-corrected chi connectivity index (χ0v) is 14.2. The minimum Gasteiger partial charge on any atom is -0.456 e. The molecule has 0 atom stereocenters. The first-order valence-electron chi connectivity index (χ1n) is 6.49. The van der Waals surface area contributed by atoms with Gasteiger partial charge in [-0.2, -0.15) is 4.99 Å². The minimum atomic E-state index is -0.600. The summed E-state index contributed by atoms with van der Waals surface area (Å²) >= 11 is 6.86. The second-order valence-electron chi connectivity index (χ2n) is 4.23. The lowest BCUT2D eigenvalue weighted by atomic mass is 10.2. The van der Waals surface area contributed by atoms with Crippen molar-refractivity contribution < 1.29 is 19.1 Å². The van der Waals surface area contributed by atoms with E-state index in [1.807, 2.05) is 0 Å². The number of thioether (sulfide) groups is 1. The molecule has 23 heavy (non-hydrogen) atoms. The number of carbonyl (C=O) groups is 3. The number of rotatable bonds is 4. The number of ether oxygens (including phenoxy) is 1. The van der Waals surface area contributed by atoms with Crippen LogP contribution in [0, 0.1) is 0 Å². The predicted octanol–water partition coefficient (Wildman–Crippen LogP) is 1.95. The molecule has 1 aromatic carbocycles. The number of esters is 1. The number of benzene rings is 1. The molecule has 0 spiro atoms. The van der Waals surface area contributed by atoms with E-state index in [2.05, 4.69) is 20.4 Å². The molecule has 0 saturated carbocycles. The molecule has 0 radical (unpaired) electrons. The highest BCUT2D eigenvalue weighted by molar-refractivity contribution is 8.13. The van der Waals surface area contributed by atoms with Crippen LogP contribution in [0.4, 0.5) is 4.79 Å². The third-order valence-electron chi connectivity index (χ3n) is 2.41. The molecule has 0 saturated heterocycles. The van der Waals surface area contributed by atoms with Gasteiger partial charge in [-0.3, -0.25) is 9.59 Å². The summed E-state index contributed by atoms with van der Waals surface area (Å²) in [6.45, 7) is 1.05.